The molecule has 8 heteroatoms. The zero-order valence-electron chi connectivity index (χ0n) is 15.1. The Kier molecular flexibility index (Phi) is 6.87. The van der Waals surface area contributed by atoms with Crippen molar-refractivity contribution in [3.63, 3.8) is 0 Å². The number of benzene rings is 2. The molecule has 2 N–H and O–H groups in total. The molecule has 0 aliphatic carbocycles. The number of hydrogen-bond acceptors (Lipinski definition) is 6. The van der Waals surface area contributed by atoms with E-state index in [1.807, 2.05) is 12.1 Å². The van der Waals surface area contributed by atoms with Gasteiger partial charge in [0.05, 0.1) is 11.1 Å². The molecule has 27 heavy (non-hydrogen) atoms. The molecule has 1 atom stereocenters. The Labute approximate surface area is 156 Å². The fourth-order valence-corrected chi connectivity index (χ4v) is 2.24. The molecule has 2 rings (SSSR count). The molecule has 0 bridgehead atoms. The first-order chi connectivity index (χ1) is 12.9. The Morgan fingerprint density at radius 3 is 2.67 bits per heavy atom. The molecule has 142 valence electrons. The number of non-ortho nitro benzene ring substituents is 1. The van der Waals surface area contributed by atoms with E-state index in [9.17, 15) is 20.0 Å². The minimum atomic E-state index is -0.588. The van der Waals surface area contributed by atoms with Crippen LogP contribution in [0.5, 0.6) is 11.5 Å². The van der Waals surface area contributed by atoms with Crippen LogP contribution in [0.1, 0.15) is 37.3 Å². The number of amides is 1. The molecule has 2 aromatic rings. The van der Waals surface area contributed by atoms with E-state index in [1.165, 1.54) is 17.7 Å². The topological polar surface area (TPSA) is 114 Å². The first kappa shape index (κ1) is 19.9. The van der Waals surface area contributed by atoms with E-state index in [0.29, 0.717) is 11.7 Å². The van der Waals surface area contributed by atoms with Crippen molar-refractivity contribution in [2.45, 2.75) is 26.2 Å². The molecule has 0 aliphatic heterocycles. The molecular formula is C19H21N3O5. The molecule has 0 fully saturated rings. The van der Waals surface area contributed by atoms with Gasteiger partial charge in [-0.2, -0.15) is 5.10 Å². The zero-order valence-corrected chi connectivity index (χ0v) is 15.1. The van der Waals surface area contributed by atoms with Crippen molar-refractivity contribution >= 4 is 17.8 Å². The maximum atomic E-state index is 11.8. The van der Waals surface area contributed by atoms with Crippen molar-refractivity contribution in [3.8, 4) is 11.5 Å². The third kappa shape index (κ3) is 5.81. The van der Waals surface area contributed by atoms with Crippen LogP contribution in [0.2, 0.25) is 0 Å². The Bertz CT molecular complexity index is 834. The number of rotatable bonds is 8. The van der Waals surface area contributed by atoms with Crippen molar-refractivity contribution in [2.75, 3.05) is 6.61 Å². The summed E-state index contributed by atoms with van der Waals surface area (Å²) in [5, 5.41) is 24.1. The van der Waals surface area contributed by atoms with Crippen LogP contribution in [0.4, 0.5) is 5.69 Å². The van der Waals surface area contributed by atoms with Crippen LogP contribution in [0, 0.1) is 10.1 Å². The molecule has 0 radical (unpaired) electrons. The fourth-order valence-electron chi connectivity index (χ4n) is 2.24. The summed E-state index contributed by atoms with van der Waals surface area (Å²) >= 11 is 0. The summed E-state index contributed by atoms with van der Waals surface area (Å²) in [7, 11) is 0. The quantitative estimate of drug-likeness (QED) is 0.420. The van der Waals surface area contributed by atoms with E-state index in [4.69, 9.17) is 4.74 Å². The average molecular weight is 371 g/mol. The number of aromatic hydroxyl groups is 1. The van der Waals surface area contributed by atoms with Gasteiger partial charge in [-0.15, -0.1) is 0 Å². The SMILES string of the molecule is CC[C@@H](C)c1ccc(OCC(=O)N/N=C\c2cc([N+](=O)[O-])ccc2O)cc1. The van der Waals surface area contributed by atoms with Crippen molar-refractivity contribution in [1.82, 2.24) is 5.43 Å². The largest absolute Gasteiger partial charge is 0.507 e. The highest BCUT2D eigenvalue weighted by Gasteiger charge is 2.09. The Balaban J connectivity index is 1.87. The molecule has 0 aliphatic rings. The molecule has 2 aromatic carbocycles. The van der Waals surface area contributed by atoms with Gasteiger partial charge in [0.15, 0.2) is 6.61 Å². The number of hydrogen-bond donors (Lipinski definition) is 2. The van der Waals surface area contributed by atoms with E-state index >= 15 is 0 Å². The number of nitro benzene ring substituents is 1. The van der Waals surface area contributed by atoms with Crippen molar-refractivity contribution in [1.29, 1.82) is 0 Å². The molecule has 0 saturated carbocycles. The zero-order chi connectivity index (χ0) is 19.8. The summed E-state index contributed by atoms with van der Waals surface area (Å²) in [6.07, 6.45) is 2.17. The van der Waals surface area contributed by atoms with Crippen LogP contribution in [-0.2, 0) is 4.79 Å². The lowest BCUT2D eigenvalue weighted by atomic mass is 9.99. The van der Waals surface area contributed by atoms with Crippen LogP contribution in [0.25, 0.3) is 0 Å². The number of nitrogens with one attached hydrogen (secondary N) is 1. The first-order valence-corrected chi connectivity index (χ1v) is 8.42. The van der Waals surface area contributed by atoms with Crippen LogP contribution >= 0.6 is 0 Å². The number of phenolic OH excluding ortho intramolecular Hbond substituents is 1. The maximum Gasteiger partial charge on any atom is 0.277 e. The van der Waals surface area contributed by atoms with Gasteiger partial charge >= 0.3 is 0 Å². The van der Waals surface area contributed by atoms with Gasteiger partial charge in [-0.25, -0.2) is 5.43 Å². The van der Waals surface area contributed by atoms with Crippen LogP contribution < -0.4 is 10.2 Å². The summed E-state index contributed by atoms with van der Waals surface area (Å²) in [6.45, 7) is 4.02. The van der Waals surface area contributed by atoms with Crippen molar-refractivity contribution in [3.05, 3.63) is 63.7 Å². The van der Waals surface area contributed by atoms with Crippen molar-refractivity contribution < 1.29 is 19.6 Å². The third-order valence-electron chi connectivity index (χ3n) is 4.05. The monoisotopic (exact) mass is 371 g/mol. The third-order valence-corrected chi connectivity index (χ3v) is 4.05. The molecule has 0 unspecified atom stereocenters. The van der Waals surface area contributed by atoms with Gasteiger partial charge in [-0.3, -0.25) is 14.9 Å². The molecule has 0 saturated heterocycles. The number of ether oxygens (including phenoxy) is 1. The molecule has 0 aromatic heterocycles. The first-order valence-electron chi connectivity index (χ1n) is 8.42. The van der Waals surface area contributed by atoms with E-state index in [2.05, 4.69) is 24.4 Å². The summed E-state index contributed by atoms with van der Waals surface area (Å²) in [4.78, 5) is 21.9. The molecule has 0 spiro atoms. The second kappa shape index (κ2) is 9.33. The minimum absolute atomic E-state index is 0.117. The Hall–Kier alpha value is -3.42. The number of phenols is 1. The highest BCUT2D eigenvalue weighted by atomic mass is 16.6. The Morgan fingerprint density at radius 2 is 2.04 bits per heavy atom. The normalized spacial score (nSPS) is 11.9. The number of nitrogens with zero attached hydrogens (tertiary/aromatic N) is 2. The smallest absolute Gasteiger partial charge is 0.277 e. The summed E-state index contributed by atoms with van der Waals surface area (Å²) in [6, 6.07) is 11.0. The van der Waals surface area contributed by atoms with Gasteiger partial charge in [0, 0.05) is 17.7 Å². The average Bonchev–Trinajstić information content (AvgIpc) is 2.67. The van der Waals surface area contributed by atoms with Gasteiger partial charge in [-0.1, -0.05) is 26.0 Å². The second-order valence-electron chi connectivity index (χ2n) is 5.96. The van der Waals surface area contributed by atoms with Gasteiger partial charge in [0.1, 0.15) is 11.5 Å². The number of carbonyl (C=O) groups excluding carboxylic acids is 1. The van der Waals surface area contributed by atoms with E-state index < -0.39 is 10.8 Å². The minimum Gasteiger partial charge on any atom is -0.507 e. The predicted octanol–water partition coefficient (Wildman–Crippen LogP) is 3.34. The van der Waals surface area contributed by atoms with Crippen LogP contribution in [-0.4, -0.2) is 28.8 Å². The molecule has 0 heterocycles. The lowest BCUT2D eigenvalue weighted by Crippen LogP contribution is -2.24. The Morgan fingerprint density at radius 1 is 1.33 bits per heavy atom. The lowest BCUT2D eigenvalue weighted by molar-refractivity contribution is -0.384. The highest BCUT2D eigenvalue weighted by molar-refractivity contribution is 5.86. The summed E-state index contributed by atoms with van der Waals surface area (Å²) in [5.41, 5.74) is 3.37. The van der Waals surface area contributed by atoms with Gasteiger partial charge in [0.25, 0.3) is 11.6 Å². The van der Waals surface area contributed by atoms with E-state index in [1.54, 1.807) is 12.1 Å². The molecule has 8 nitrogen and oxygen atoms in total. The molecule has 1 amide bonds. The van der Waals surface area contributed by atoms with Gasteiger partial charge in [0.2, 0.25) is 0 Å². The summed E-state index contributed by atoms with van der Waals surface area (Å²) < 4.78 is 5.39. The van der Waals surface area contributed by atoms with Crippen molar-refractivity contribution in [2.24, 2.45) is 5.10 Å². The highest BCUT2D eigenvalue weighted by Crippen LogP contribution is 2.22. The molecular weight excluding hydrogens is 350 g/mol. The van der Waals surface area contributed by atoms with Gasteiger partial charge in [-0.05, 0) is 36.1 Å². The number of hydrazone groups is 1. The van der Waals surface area contributed by atoms with Crippen LogP contribution in [0.3, 0.4) is 0 Å². The van der Waals surface area contributed by atoms with E-state index in [-0.39, 0.29) is 23.6 Å². The maximum absolute atomic E-state index is 11.8. The second-order valence-corrected chi connectivity index (χ2v) is 5.96. The summed E-state index contributed by atoms with van der Waals surface area (Å²) in [5.74, 6) is 0.345. The van der Waals surface area contributed by atoms with E-state index in [0.717, 1.165) is 18.7 Å². The number of carbonyl (C=O) groups is 1. The van der Waals surface area contributed by atoms with Gasteiger partial charge < -0.3 is 9.84 Å². The fraction of sp³-hybridized carbons (Fsp3) is 0.263. The van der Waals surface area contributed by atoms with Crippen LogP contribution in [0.15, 0.2) is 47.6 Å². The number of nitro groups is 1. The lowest BCUT2D eigenvalue weighted by Gasteiger charge is -2.10. The standard InChI is InChI=1S/C19H21N3O5/c1-3-13(2)14-4-7-17(8-5-14)27-12-19(24)21-20-11-15-10-16(22(25)26)6-9-18(15)23/h4-11,13,23H,3,12H2,1-2H3,(H,21,24)/b20-11-/t13-/m1/s1. The predicted molar refractivity (Wildman–Crippen MR) is 101 cm³/mol.